The van der Waals surface area contributed by atoms with Gasteiger partial charge >= 0.3 is 5.97 Å². The zero-order chi connectivity index (χ0) is 21.9. The number of nitrogens with one attached hydrogen (secondary N) is 1. The molecule has 3 aromatic carbocycles. The first-order valence-electron chi connectivity index (χ1n) is 11.5. The third kappa shape index (κ3) is 4.03. The summed E-state index contributed by atoms with van der Waals surface area (Å²) in [6, 6.07) is 29.0. The average molecular weight is 429 g/mol. The Morgan fingerprint density at radius 1 is 0.906 bits per heavy atom. The van der Waals surface area contributed by atoms with E-state index in [4.69, 9.17) is 9.47 Å². The molecule has 0 saturated carbocycles. The maximum atomic E-state index is 13.1. The summed E-state index contributed by atoms with van der Waals surface area (Å²) in [5, 5.41) is 0. The van der Waals surface area contributed by atoms with Gasteiger partial charge in [0.1, 0.15) is 18.3 Å². The van der Waals surface area contributed by atoms with Crippen LogP contribution in [0.2, 0.25) is 0 Å². The van der Waals surface area contributed by atoms with Crippen molar-refractivity contribution in [3.63, 3.8) is 0 Å². The fraction of sp³-hybridized carbons (Fsp3) is 0.321. The van der Waals surface area contributed by atoms with Crippen molar-refractivity contribution in [2.75, 3.05) is 7.11 Å². The van der Waals surface area contributed by atoms with E-state index in [1.807, 2.05) is 42.5 Å². The third-order valence-corrected chi connectivity index (χ3v) is 7.20. The zero-order valence-corrected chi connectivity index (χ0v) is 18.4. The van der Waals surface area contributed by atoms with E-state index in [9.17, 15) is 4.79 Å². The van der Waals surface area contributed by atoms with Crippen LogP contribution in [0.15, 0.2) is 84.9 Å². The minimum absolute atomic E-state index is 0.135. The Labute approximate surface area is 189 Å². The molecule has 5 rings (SSSR count). The molecule has 0 aromatic heterocycles. The number of hydrogen-bond donors (Lipinski definition) is 1. The van der Waals surface area contributed by atoms with Crippen molar-refractivity contribution in [1.29, 1.82) is 0 Å². The van der Waals surface area contributed by atoms with Crippen LogP contribution in [-0.4, -0.2) is 31.3 Å². The van der Waals surface area contributed by atoms with E-state index in [1.165, 1.54) is 5.56 Å². The van der Waals surface area contributed by atoms with Gasteiger partial charge in [0.05, 0.1) is 18.7 Å². The molecule has 4 nitrogen and oxygen atoms in total. The molecule has 164 valence electrons. The Bertz CT molecular complexity index is 1050. The lowest BCUT2D eigenvalue weighted by molar-refractivity contribution is -0.958. The van der Waals surface area contributed by atoms with E-state index in [0.29, 0.717) is 11.6 Å². The number of esters is 1. The summed E-state index contributed by atoms with van der Waals surface area (Å²) in [7, 11) is 1.72. The summed E-state index contributed by atoms with van der Waals surface area (Å²) in [6.45, 7) is 0.966. The first kappa shape index (κ1) is 20.8. The molecule has 2 heterocycles. The van der Waals surface area contributed by atoms with Gasteiger partial charge in [-0.2, -0.15) is 0 Å². The van der Waals surface area contributed by atoms with Crippen LogP contribution < -0.4 is 9.64 Å². The van der Waals surface area contributed by atoms with Crippen LogP contribution in [-0.2, 0) is 11.3 Å². The molecule has 0 spiro atoms. The summed E-state index contributed by atoms with van der Waals surface area (Å²) in [5.41, 5.74) is 3.09. The number of quaternary nitrogens is 1. The summed E-state index contributed by atoms with van der Waals surface area (Å²) < 4.78 is 12.0. The van der Waals surface area contributed by atoms with E-state index < -0.39 is 0 Å². The van der Waals surface area contributed by atoms with Gasteiger partial charge < -0.3 is 14.4 Å². The van der Waals surface area contributed by atoms with Gasteiger partial charge in [0.2, 0.25) is 0 Å². The molecule has 2 bridgehead atoms. The molecule has 2 saturated heterocycles. The van der Waals surface area contributed by atoms with Crippen LogP contribution in [0.1, 0.15) is 46.7 Å². The molecule has 5 atom stereocenters. The Hall–Kier alpha value is -3.11. The quantitative estimate of drug-likeness (QED) is 0.603. The highest BCUT2D eigenvalue weighted by Crippen LogP contribution is 2.40. The Balaban J connectivity index is 1.48. The molecule has 0 aliphatic carbocycles. The van der Waals surface area contributed by atoms with Crippen molar-refractivity contribution in [2.24, 2.45) is 0 Å². The van der Waals surface area contributed by atoms with Gasteiger partial charge in [-0.25, -0.2) is 4.79 Å². The lowest BCUT2D eigenvalue weighted by Gasteiger charge is -2.42. The van der Waals surface area contributed by atoms with E-state index in [1.54, 1.807) is 12.0 Å². The molecular weight excluding hydrogens is 398 g/mol. The second-order valence-corrected chi connectivity index (χ2v) is 8.94. The number of benzene rings is 3. The number of carbonyl (C=O) groups excluding carboxylic acids is 1. The molecule has 3 aromatic rings. The molecule has 4 heteroatoms. The van der Waals surface area contributed by atoms with Gasteiger partial charge in [-0.1, -0.05) is 66.7 Å². The first-order chi connectivity index (χ1) is 15.7. The molecular formula is C28H30NO3+. The van der Waals surface area contributed by atoms with Crippen molar-refractivity contribution in [3.05, 3.63) is 102 Å². The van der Waals surface area contributed by atoms with Gasteiger partial charge in [0, 0.05) is 36.3 Å². The van der Waals surface area contributed by atoms with Gasteiger partial charge in [-0.3, -0.25) is 0 Å². The van der Waals surface area contributed by atoms with Crippen LogP contribution in [0.4, 0.5) is 0 Å². The molecule has 2 aliphatic rings. The Morgan fingerprint density at radius 2 is 1.59 bits per heavy atom. The Morgan fingerprint density at radius 3 is 2.34 bits per heavy atom. The minimum atomic E-state index is -0.236. The normalized spacial score (nSPS) is 26.5. The van der Waals surface area contributed by atoms with Crippen LogP contribution in [0.5, 0.6) is 5.75 Å². The summed E-state index contributed by atoms with van der Waals surface area (Å²) >= 11 is 0. The molecule has 1 unspecified atom stereocenters. The second kappa shape index (κ2) is 9.17. The largest absolute Gasteiger partial charge is 0.496 e. The highest BCUT2D eigenvalue weighted by molar-refractivity contribution is 5.89. The van der Waals surface area contributed by atoms with Gasteiger partial charge in [0.25, 0.3) is 0 Å². The lowest BCUT2D eigenvalue weighted by atomic mass is 9.81. The van der Waals surface area contributed by atoms with Gasteiger partial charge in [-0.05, 0) is 18.2 Å². The van der Waals surface area contributed by atoms with E-state index in [0.717, 1.165) is 37.1 Å². The highest BCUT2D eigenvalue weighted by Gasteiger charge is 2.53. The monoisotopic (exact) mass is 428 g/mol. The van der Waals surface area contributed by atoms with E-state index in [-0.39, 0.29) is 24.0 Å². The number of carbonyl (C=O) groups is 1. The lowest BCUT2D eigenvalue weighted by Crippen LogP contribution is -3.18. The van der Waals surface area contributed by atoms with Crippen LogP contribution in [0, 0.1) is 0 Å². The molecule has 2 aliphatic heterocycles. The fourth-order valence-corrected chi connectivity index (χ4v) is 5.73. The van der Waals surface area contributed by atoms with Crippen molar-refractivity contribution < 1.29 is 19.2 Å². The minimum Gasteiger partial charge on any atom is -0.496 e. The van der Waals surface area contributed by atoms with Crippen LogP contribution in [0.25, 0.3) is 0 Å². The van der Waals surface area contributed by atoms with Gasteiger partial charge in [0.15, 0.2) is 6.10 Å². The topological polar surface area (TPSA) is 40.0 Å². The number of hydrogen-bond acceptors (Lipinski definition) is 3. The third-order valence-electron chi connectivity index (χ3n) is 7.20. The number of rotatable bonds is 6. The molecule has 0 amide bonds. The van der Waals surface area contributed by atoms with Gasteiger partial charge in [-0.15, -0.1) is 0 Å². The fourth-order valence-electron chi connectivity index (χ4n) is 5.73. The number of fused-ring (bicyclic) bond motifs is 2. The van der Waals surface area contributed by atoms with Crippen molar-refractivity contribution in [1.82, 2.24) is 0 Å². The SMILES string of the molecule is COc1ccccc1[C@H]1C[C@H]2CC[C@@H]([C@@H]1OC(=O)c1ccccc1)[NH+]2Cc1ccccc1. The van der Waals surface area contributed by atoms with Crippen molar-refractivity contribution in [2.45, 2.75) is 49.9 Å². The predicted molar refractivity (Wildman–Crippen MR) is 124 cm³/mol. The van der Waals surface area contributed by atoms with E-state index >= 15 is 0 Å². The average Bonchev–Trinajstić information content (AvgIpc) is 3.13. The molecule has 32 heavy (non-hydrogen) atoms. The number of piperidine rings is 1. The van der Waals surface area contributed by atoms with Crippen molar-refractivity contribution in [3.8, 4) is 5.75 Å². The number of ether oxygens (including phenoxy) is 2. The van der Waals surface area contributed by atoms with Crippen molar-refractivity contribution >= 4 is 5.97 Å². The standard InChI is InChI=1S/C28H29NO3/c1-31-26-15-9-8-14-23(26)24-18-22-16-17-25(29(22)19-20-10-4-2-5-11-20)27(24)32-28(30)21-12-6-3-7-13-21/h2-15,22,24-25,27H,16-19H2,1H3/p+1/t22-,24-,25+,27-/m1/s1. The predicted octanol–water partition coefficient (Wildman–Crippen LogP) is 4.02. The Kier molecular flexibility index (Phi) is 5.95. The second-order valence-electron chi connectivity index (χ2n) is 8.94. The molecule has 0 radical (unpaired) electrons. The number of methoxy groups -OCH3 is 1. The maximum absolute atomic E-state index is 13.1. The molecule has 2 fully saturated rings. The zero-order valence-electron chi connectivity index (χ0n) is 18.4. The summed E-state index contributed by atoms with van der Waals surface area (Å²) in [5.74, 6) is 0.778. The smallest absolute Gasteiger partial charge is 0.338 e. The first-order valence-corrected chi connectivity index (χ1v) is 11.5. The maximum Gasteiger partial charge on any atom is 0.338 e. The molecule has 1 N–H and O–H groups in total. The summed E-state index contributed by atoms with van der Waals surface area (Å²) in [6.07, 6.45) is 3.05. The van der Waals surface area contributed by atoms with Crippen LogP contribution >= 0.6 is 0 Å². The van der Waals surface area contributed by atoms with Crippen LogP contribution in [0.3, 0.4) is 0 Å². The number of para-hydroxylation sites is 1. The van der Waals surface area contributed by atoms with E-state index in [2.05, 4.69) is 42.5 Å². The summed E-state index contributed by atoms with van der Waals surface area (Å²) in [4.78, 5) is 14.7. The highest BCUT2D eigenvalue weighted by atomic mass is 16.5.